The maximum atomic E-state index is 14.8. The van der Waals surface area contributed by atoms with E-state index in [-0.39, 0.29) is 16.9 Å². The Balaban J connectivity index is 1.67. The first-order chi connectivity index (χ1) is 16.9. The summed E-state index contributed by atoms with van der Waals surface area (Å²) in [4.78, 5) is 42.8. The number of carbonyl (C=O) groups excluding carboxylic acids is 1. The number of aromatic amines is 1. The zero-order valence-corrected chi connectivity index (χ0v) is 18.3. The topological polar surface area (TPSA) is 124 Å². The van der Waals surface area contributed by atoms with Crippen LogP contribution in [0.1, 0.15) is 17.0 Å². The number of halogens is 1. The number of carbonyl (C=O) groups is 2. The summed E-state index contributed by atoms with van der Waals surface area (Å²) in [5.74, 6) is -2.00. The molecule has 0 aliphatic heterocycles. The number of H-pyrrole nitrogens is 1. The molecule has 0 radical (unpaired) electrons. The molecule has 4 rings (SSSR count). The molecule has 8 nitrogen and oxygen atoms in total. The molecule has 176 valence electrons. The number of aromatic nitrogens is 2. The second-order valence-electron chi connectivity index (χ2n) is 7.71. The van der Waals surface area contributed by atoms with Gasteiger partial charge in [0.2, 0.25) is 5.91 Å². The van der Waals surface area contributed by atoms with Crippen molar-refractivity contribution in [2.75, 3.05) is 5.32 Å². The fourth-order valence-corrected chi connectivity index (χ4v) is 3.87. The minimum Gasteiger partial charge on any atom is -0.465 e. The van der Waals surface area contributed by atoms with Crippen LogP contribution in [-0.2, 0) is 4.79 Å². The molecule has 9 heteroatoms. The molecule has 1 aromatic heterocycles. The van der Waals surface area contributed by atoms with Crippen molar-refractivity contribution in [3.05, 3.63) is 119 Å². The molecule has 0 fully saturated rings. The summed E-state index contributed by atoms with van der Waals surface area (Å²) in [5, 5.41) is 14.4. The lowest BCUT2D eigenvalue weighted by molar-refractivity contribution is -0.118. The standard InChI is InChI=1S/C26H21FN4O4/c27-20-13-18(11-12-19(20)21-14-22(32)29-15-28-21)30-25(33)24(31-26(34)35)23(16-7-3-1-4-8-16)17-9-5-2-6-10-17/h1-15,23-24,31H,(H,30,33)(H,34,35)(H,28,29,32). The molecule has 2 amide bonds. The molecule has 4 N–H and O–H groups in total. The Labute approximate surface area is 199 Å². The number of nitrogens with zero attached hydrogens (tertiary/aromatic N) is 1. The molecule has 4 aromatic rings. The van der Waals surface area contributed by atoms with Crippen molar-refractivity contribution in [3.8, 4) is 11.3 Å². The summed E-state index contributed by atoms with van der Waals surface area (Å²) in [7, 11) is 0. The van der Waals surface area contributed by atoms with Gasteiger partial charge in [-0.05, 0) is 29.3 Å². The van der Waals surface area contributed by atoms with Crippen LogP contribution in [0.15, 0.2) is 96.1 Å². The van der Waals surface area contributed by atoms with Gasteiger partial charge in [0.15, 0.2) is 0 Å². The average molecular weight is 472 g/mol. The predicted octanol–water partition coefficient (Wildman–Crippen LogP) is 3.98. The van der Waals surface area contributed by atoms with Gasteiger partial charge in [0.1, 0.15) is 11.9 Å². The third-order valence-electron chi connectivity index (χ3n) is 5.40. The van der Waals surface area contributed by atoms with Crippen molar-refractivity contribution in [1.29, 1.82) is 0 Å². The summed E-state index contributed by atoms with van der Waals surface area (Å²) < 4.78 is 14.8. The third-order valence-corrected chi connectivity index (χ3v) is 5.40. The Morgan fingerprint density at radius 3 is 2.09 bits per heavy atom. The molecule has 0 spiro atoms. The maximum absolute atomic E-state index is 14.8. The zero-order valence-electron chi connectivity index (χ0n) is 18.3. The van der Waals surface area contributed by atoms with Gasteiger partial charge in [0, 0.05) is 23.2 Å². The van der Waals surface area contributed by atoms with Gasteiger partial charge in [-0.15, -0.1) is 0 Å². The Bertz CT molecular complexity index is 1350. The van der Waals surface area contributed by atoms with Gasteiger partial charge in [-0.3, -0.25) is 9.59 Å². The molecular weight excluding hydrogens is 451 g/mol. The van der Waals surface area contributed by atoms with E-state index in [4.69, 9.17) is 0 Å². The predicted molar refractivity (Wildman–Crippen MR) is 129 cm³/mol. The van der Waals surface area contributed by atoms with Crippen LogP contribution in [0.2, 0.25) is 0 Å². The summed E-state index contributed by atoms with van der Waals surface area (Å²) in [6.45, 7) is 0. The fraction of sp³-hybridized carbons (Fsp3) is 0.0769. The highest BCUT2D eigenvalue weighted by atomic mass is 19.1. The number of rotatable bonds is 7. The number of nitrogens with one attached hydrogen (secondary N) is 3. The van der Waals surface area contributed by atoms with Crippen molar-refractivity contribution in [2.24, 2.45) is 0 Å². The van der Waals surface area contributed by atoms with Crippen molar-refractivity contribution in [1.82, 2.24) is 15.3 Å². The Morgan fingerprint density at radius 2 is 1.54 bits per heavy atom. The van der Waals surface area contributed by atoms with E-state index in [0.29, 0.717) is 0 Å². The summed E-state index contributed by atoms with van der Waals surface area (Å²) in [6, 6.07) is 22.0. The molecule has 1 heterocycles. The largest absolute Gasteiger partial charge is 0.465 e. The van der Waals surface area contributed by atoms with Gasteiger partial charge >= 0.3 is 6.09 Å². The highest BCUT2D eigenvalue weighted by molar-refractivity contribution is 5.97. The SMILES string of the molecule is O=C(O)NC(C(=O)Nc1ccc(-c2cc(=O)[nH]cn2)c(F)c1)C(c1ccccc1)c1ccccc1. The molecule has 1 atom stereocenters. The number of amides is 2. The smallest absolute Gasteiger partial charge is 0.405 e. The van der Waals surface area contributed by atoms with Crippen LogP contribution in [-0.4, -0.2) is 33.1 Å². The zero-order chi connectivity index (χ0) is 24.8. The lowest BCUT2D eigenvalue weighted by Gasteiger charge is -2.27. The van der Waals surface area contributed by atoms with Crippen LogP contribution < -0.4 is 16.2 Å². The van der Waals surface area contributed by atoms with Crippen molar-refractivity contribution in [3.63, 3.8) is 0 Å². The van der Waals surface area contributed by atoms with Crippen LogP contribution in [0, 0.1) is 5.82 Å². The van der Waals surface area contributed by atoms with E-state index in [9.17, 15) is 23.9 Å². The minimum atomic E-state index is -1.37. The average Bonchev–Trinajstić information content (AvgIpc) is 2.85. The van der Waals surface area contributed by atoms with E-state index in [0.717, 1.165) is 23.3 Å². The minimum absolute atomic E-state index is 0.0840. The number of anilines is 1. The van der Waals surface area contributed by atoms with Gasteiger partial charge in [-0.25, -0.2) is 14.2 Å². The molecule has 3 aromatic carbocycles. The first kappa shape index (κ1) is 23.4. The summed E-state index contributed by atoms with van der Waals surface area (Å²) in [5.41, 5.74) is 1.38. The van der Waals surface area contributed by atoms with Crippen molar-refractivity contribution in [2.45, 2.75) is 12.0 Å². The summed E-state index contributed by atoms with van der Waals surface area (Å²) >= 11 is 0. The lowest BCUT2D eigenvalue weighted by Crippen LogP contribution is -2.47. The number of benzene rings is 3. The Morgan fingerprint density at radius 1 is 0.914 bits per heavy atom. The van der Waals surface area contributed by atoms with Gasteiger partial charge in [-0.1, -0.05) is 60.7 Å². The quantitative estimate of drug-likeness (QED) is 0.324. The fourth-order valence-electron chi connectivity index (χ4n) is 3.87. The lowest BCUT2D eigenvalue weighted by atomic mass is 9.84. The Hall–Kier alpha value is -4.79. The molecule has 0 aliphatic carbocycles. The van der Waals surface area contributed by atoms with Crippen LogP contribution in [0.5, 0.6) is 0 Å². The van der Waals surface area contributed by atoms with E-state index < -0.39 is 35.3 Å². The third kappa shape index (κ3) is 5.59. The van der Waals surface area contributed by atoms with E-state index >= 15 is 0 Å². The monoisotopic (exact) mass is 472 g/mol. The van der Waals surface area contributed by atoms with Crippen LogP contribution >= 0.6 is 0 Å². The van der Waals surface area contributed by atoms with Crippen LogP contribution in [0.4, 0.5) is 14.9 Å². The van der Waals surface area contributed by atoms with Gasteiger partial charge < -0.3 is 20.7 Å². The highest BCUT2D eigenvalue weighted by Crippen LogP contribution is 2.29. The first-order valence-corrected chi connectivity index (χ1v) is 10.7. The maximum Gasteiger partial charge on any atom is 0.405 e. The molecule has 0 bridgehead atoms. The first-order valence-electron chi connectivity index (χ1n) is 10.7. The van der Waals surface area contributed by atoms with Gasteiger partial charge in [0.25, 0.3) is 5.56 Å². The number of carboxylic acid groups (broad SMARTS) is 1. The number of hydrogen-bond acceptors (Lipinski definition) is 4. The van der Waals surface area contributed by atoms with Crippen LogP contribution in [0.25, 0.3) is 11.3 Å². The van der Waals surface area contributed by atoms with Crippen molar-refractivity contribution < 1.29 is 19.1 Å². The van der Waals surface area contributed by atoms with E-state index in [1.165, 1.54) is 18.5 Å². The van der Waals surface area contributed by atoms with Crippen LogP contribution in [0.3, 0.4) is 0 Å². The van der Waals surface area contributed by atoms with Crippen molar-refractivity contribution >= 4 is 17.7 Å². The summed E-state index contributed by atoms with van der Waals surface area (Å²) in [6.07, 6.45) is -0.202. The molecule has 1 unspecified atom stereocenters. The molecule has 35 heavy (non-hydrogen) atoms. The second kappa shape index (κ2) is 10.4. The van der Waals surface area contributed by atoms with Gasteiger partial charge in [-0.2, -0.15) is 0 Å². The molecule has 0 aliphatic rings. The highest BCUT2D eigenvalue weighted by Gasteiger charge is 2.32. The molecular formula is C26H21FN4O4. The second-order valence-corrected chi connectivity index (χ2v) is 7.71. The normalized spacial score (nSPS) is 11.6. The van der Waals surface area contributed by atoms with E-state index in [1.807, 2.05) is 36.4 Å². The number of hydrogen-bond donors (Lipinski definition) is 4. The van der Waals surface area contributed by atoms with E-state index in [2.05, 4.69) is 20.6 Å². The molecule has 0 saturated heterocycles. The molecule has 0 saturated carbocycles. The van der Waals surface area contributed by atoms with Gasteiger partial charge in [0.05, 0.1) is 12.0 Å². The van der Waals surface area contributed by atoms with E-state index in [1.54, 1.807) is 24.3 Å². The Kier molecular flexibility index (Phi) is 6.96.